The van der Waals surface area contributed by atoms with Crippen molar-refractivity contribution in [2.45, 2.75) is 0 Å². The summed E-state index contributed by atoms with van der Waals surface area (Å²) in [6, 6.07) is 1.73. The van der Waals surface area contributed by atoms with E-state index in [0.29, 0.717) is 0 Å². The van der Waals surface area contributed by atoms with E-state index >= 15 is 0 Å². The van der Waals surface area contributed by atoms with Gasteiger partial charge in [0.15, 0.2) is 5.94 Å². The molecule has 1 rings (SSSR count). The van der Waals surface area contributed by atoms with Crippen LogP contribution in [0.4, 0.5) is 0 Å². The highest BCUT2D eigenvalue weighted by atomic mass is 16.3. The molecule has 0 atom stereocenters. The molecule has 0 radical (unpaired) electrons. The van der Waals surface area contributed by atoms with Gasteiger partial charge in [0.2, 0.25) is 0 Å². The van der Waals surface area contributed by atoms with E-state index in [2.05, 4.69) is 0 Å². The summed E-state index contributed by atoms with van der Waals surface area (Å²) in [5.74, 6) is 1.33. The summed E-state index contributed by atoms with van der Waals surface area (Å²) in [5, 5.41) is 17.8. The van der Waals surface area contributed by atoms with Crippen molar-refractivity contribution in [3.8, 4) is 6.07 Å². The molecular weight excluding hydrogens is 170 g/mol. The third kappa shape index (κ3) is 1.26. The van der Waals surface area contributed by atoms with E-state index in [-0.39, 0.29) is 22.9 Å². The minimum absolute atomic E-state index is 0.0403. The van der Waals surface area contributed by atoms with Gasteiger partial charge in [-0.3, -0.25) is 0 Å². The molecule has 0 saturated heterocycles. The number of nitrogens with zero attached hydrogens (tertiary/aromatic N) is 2. The van der Waals surface area contributed by atoms with Crippen LogP contribution in [0.25, 0.3) is 0 Å². The second-order valence-corrected chi connectivity index (χ2v) is 2.45. The van der Waals surface area contributed by atoms with Crippen LogP contribution in [0.3, 0.4) is 0 Å². The lowest BCUT2D eigenvalue weighted by Gasteiger charge is -2.22. The average molecular weight is 177 g/mol. The Bertz CT molecular complexity index is 394. The highest BCUT2D eigenvalue weighted by Gasteiger charge is 2.20. The normalized spacial score (nSPS) is 16.5. The van der Waals surface area contributed by atoms with Crippen molar-refractivity contribution in [2.24, 2.45) is 5.73 Å². The Morgan fingerprint density at radius 2 is 2.31 bits per heavy atom. The summed E-state index contributed by atoms with van der Waals surface area (Å²) in [7, 11) is 1.51. The number of carbonyl (C=O) groups excluding carboxylic acids is 1. The molecule has 66 valence electrons. The van der Waals surface area contributed by atoms with Crippen LogP contribution in [0.1, 0.15) is 0 Å². The van der Waals surface area contributed by atoms with Crippen LogP contribution in [0.5, 0.6) is 0 Å². The summed E-state index contributed by atoms with van der Waals surface area (Å²) < 4.78 is 0. The Morgan fingerprint density at radius 3 is 2.77 bits per heavy atom. The zero-order valence-electron chi connectivity index (χ0n) is 6.90. The van der Waals surface area contributed by atoms with Crippen LogP contribution >= 0.6 is 0 Å². The SMILES string of the molecule is CN1C(=C=O)C=C(O)C(C#N)=C1N. The molecule has 0 spiro atoms. The van der Waals surface area contributed by atoms with Crippen molar-refractivity contribution in [2.75, 3.05) is 7.05 Å². The van der Waals surface area contributed by atoms with Gasteiger partial charge in [-0.25, -0.2) is 4.79 Å². The minimum atomic E-state index is -0.309. The predicted octanol–water partition coefficient (Wildman–Crippen LogP) is -0.217. The smallest absolute Gasteiger partial charge is 0.150 e. The van der Waals surface area contributed by atoms with Crippen LogP contribution < -0.4 is 5.73 Å². The van der Waals surface area contributed by atoms with Gasteiger partial charge < -0.3 is 15.7 Å². The lowest BCUT2D eigenvalue weighted by atomic mass is 10.1. The van der Waals surface area contributed by atoms with Crippen LogP contribution in [-0.4, -0.2) is 23.0 Å². The summed E-state index contributed by atoms with van der Waals surface area (Å²) in [5.41, 5.74) is 5.52. The fourth-order valence-corrected chi connectivity index (χ4v) is 0.940. The molecule has 0 fully saturated rings. The van der Waals surface area contributed by atoms with E-state index in [0.717, 1.165) is 6.08 Å². The van der Waals surface area contributed by atoms with Gasteiger partial charge in [0.1, 0.15) is 28.9 Å². The van der Waals surface area contributed by atoms with Gasteiger partial charge in [-0.1, -0.05) is 0 Å². The standard InChI is InChI=1S/C8H7N3O2/c1-11-5(4-12)2-7(13)6(3-9)8(11)10/h2,13H,10H2,1H3. The number of likely N-dealkylation sites (N-methyl/N-ethyl adjacent to an activating group) is 1. The zero-order valence-corrected chi connectivity index (χ0v) is 6.90. The van der Waals surface area contributed by atoms with Crippen molar-refractivity contribution in [1.29, 1.82) is 5.26 Å². The number of hydrogen-bond donors (Lipinski definition) is 2. The van der Waals surface area contributed by atoms with Gasteiger partial charge in [-0.2, -0.15) is 5.26 Å². The monoisotopic (exact) mass is 177 g/mol. The van der Waals surface area contributed by atoms with E-state index < -0.39 is 0 Å². The van der Waals surface area contributed by atoms with Crippen molar-refractivity contribution in [3.05, 3.63) is 28.9 Å². The van der Waals surface area contributed by atoms with E-state index in [1.54, 1.807) is 12.0 Å². The number of aliphatic hydroxyl groups excluding tert-OH is 1. The lowest BCUT2D eigenvalue weighted by molar-refractivity contribution is 0.403. The largest absolute Gasteiger partial charge is 0.506 e. The Balaban J connectivity index is 3.32. The minimum Gasteiger partial charge on any atom is -0.506 e. The van der Waals surface area contributed by atoms with Crippen molar-refractivity contribution >= 4 is 5.94 Å². The van der Waals surface area contributed by atoms with Crippen LogP contribution in [0, 0.1) is 11.3 Å². The van der Waals surface area contributed by atoms with Crippen LogP contribution in [0.15, 0.2) is 28.9 Å². The molecule has 0 saturated carbocycles. The van der Waals surface area contributed by atoms with E-state index in [1.165, 1.54) is 11.9 Å². The third-order valence-corrected chi connectivity index (χ3v) is 1.72. The fraction of sp³-hybridized carbons (Fsp3) is 0.125. The number of aliphatic hydroxyl groups is 1. The Morgan fingerprint density at radius 1 is 1.69 bits per heavy atom. The van der Waals surface area contributed by atoms with Gasteiger partial charge in [-0.05, 0) is 0 Å². The number of hydrogen-bond acceptors (Lipinski definition) is 5. The molecule has 5 heteroatoms. The fourth-order valence-electron chi connectivity index (χ4n) is 0.940. The summed E-state index contributed by atoms with van der Waals surface area (Å²) in [4.78, 5) is 11.6. The topological polar surface area (TPSA) is 90.4 Å². The first kappa shape index (κ1) is 8.91. The third-order valence-electron chi connectivity index (χ3n) is 1.72. The molecule has 0 aromatic rings. The van der Waals surface area contributed by atoms with Gasteiger partial charge in [-0.15, -0.1) is 0 Å². The number of nitriles is 1. The lowest BCUT2D eigenvalue weighted by Crippen LogP contribution is -2.27. The van der Waals surface area contributed by atoms with E-state index in [9.17, 15) is 9.90 Å². The molecule has 0 aromatic carbocycles. The molecular formula is C8H7N3O2. The van der Waals surface area contributed by atoms with Gasteiger partial charge >= 0.3 is 0 Å². The first-order valence-electron chi connectivity index (χ1n) is 3.41. The molecule has 1 heterocycles. The molecule has 5 nitrogen and oxygen atoms in total. The predicted molar refractivity (Wildman–Crippen MR) is 44.5 cm³/mol. The van der Waals surface area contributed by atoms with Gasteiger partial charge in [0, 0.05) is 13.1 Å². The first-order valence-corrected chi connectivity index (χ1v) is 3.41. The Kier molecular flexibility index (Phi) is 2.09. The molecule has 1 aliphatic rings. The van der Waals surface area contributed by atoms with Crippen molar-refractivity contribution in [1.82, 2.24) is 4.90 Å². The zero-order chi connectivity index (χ0) is 10.0. The number of nitrogens with two attached hydrogens (primary N) is 1. The maximum absolute atomic E-state index is 10.3. The Labute approximate surface area is 74.7 Å². The molecule has 0 unspecified atom stereocenters. The Hall–Kier alpha value is -2.18. The molecule has 0 amide bonds. The molecule has 13 heavy (non-hydrogen) atoms. The summed E-state index contributed by atoms with van der Waals surface area (Å²) in [6.45, 7) is 0. The molecule has 0 aromatic heterocycles. The molecule has 0 aliphatic carbocycles. The van der Waals surface area contributed by atoms with Crippen LogP contribution in [0.2, 0.25) is 0 Å². The maximum Gasteiger partial charge on any atom is 0.150 e. The van der Waals surface area contributed by atoms with Gasteiger partial charge in [0.25, 0.3) is 0 Å². The van der Waals surface area contributed by atoms with Gasteiger partial charge in [0.05, 0.1) is 0 Å². The summed E-state index contributed by atoms with van der Waals surface area (Å²) >= 11 is 0. The maximum atomic E-state index is 10.3. The molecule has 1 aliphatic heterocycles. The summed E-state index contributed by atoms with van der Waals surface area (Å²) in [6.07, 6.45) is 1.14. The number of allylic oxidation sites excluding steroid dienone is 2. The number of rotatable bonds is 0. The average Bonchev–Trinajstić information content (AvgIpc) is 2.12. The van der Waals surface area contributed by atoms with E-state index in [4.69, 9.17) is 11.0 Å². The highest BCUT2D eigenvalue weighted by Crippen LogP contribution is 2.21. The highest BCUT2D eigenvalue weighted by molar-refractivity contribution is 5.62. The van der Waals surface area contributed by atoms with Crippen molar-refractivity contribution < 1.29 is 9.90 Å². The van der Waals surface area contributed by atoms with Crippen molar-refractivity contribution in [3.63, 3.8) is 0 Å². The second kappa shape index (κ2) is 3.05. The molecule has 0 bridgehead atoms. The van der Waals surface area contributed by atoms with Crippen LogP contribution in [-0.2, 0) is 4.79 Å². The quantitative estimate of drug-likeness (QED) is 0.499. The second-order valence-electron chi connectivity index (χ2n) is 2.45. The van der Waals surface area contributed by atoms with E-state index in [1.807, 2.05) is 0 Å². The first-order chi connectivity index (χ1) is 6.11. The molecule has 3 N–H and O–H groups in total.